The molecule has 0 radical (unpaired) electrons. The largest absolute Gasteiger partial charge is 0.494 e. The van der Waals surface area contributed by atoms with Crippen LogP contribution in [0.4, 0.5) is 0 Å². The number of aryl methyl sites for hydroxylation is 1. The molecular weight excluding hydrogens is 336 g/mol. The molecule has 0 atom stereocenters. The maximum absolute atomic E-state index is 6.47. The van der Waals surface area contributed by atoms with E-state index >= 15 is 0 Å². The van der Waals surface area contributed by atoms with Crippen LogP contribution in [0.15, 0.2) is 42.7 Å². The van der Waals surface area contributed by atoms with Crippen molar-refractivity contribution in [2.45, 2.75) is 20.3 Å². The van der Waals surface area contributed by atoms with Gasteiger partial charge in [0.1, 0.15) is 17.1 Å². The van der Waals surface area contributed by atoms with E-state index in [1.165, 1.54) is 0 Å². The second kappa shape index (κ2) is 6.33. The molecule has 126 valence electrons. The number of hydrogen-bond donors (Lipinski definition) is 0. The average Bonchev–Trinajstić information content (AvgIpc) is 3.07. The lowest BCUT2D eigenvalue weighted by atomic mass is 10.2. The summed E-state index contributed by atoms with van der Waals surface area (Å²) >= 11 is 6.47. The zero-order chi connectivity index (χ0) is 17.4. The Balaban J connectivity index is 1.99. The van der Waals surface area contributed by atoms with Gasteiger partial charge in [-0.05, 0) is 43.7 Å². The van der Waals surface area contributed by atoms with E-state index < -0.39 is 0 Å². The van der Waals surface area contributed by atoms with Crippen LogP contribution in [0.1, 0.15) is 19.0 Å². The molecule has 5 nitrogen and oxygen atoms in total. The number of imidazole rings is 1. The summed E-state index contributed by atoms with van der Waals surface area (Å²) < 4.78 is 7.75. The number of aromatic nitrogens is 4. The highest BCUT2D eigenvalue weighted by Gasteiger charge is 2.16. The van der Waals surface area contributed by atoms with Gasteiger partial charge in [0, 0.05) is 11.8 Å². The maximum atomic E-state index is 6.47. The number of halogens is 1. The van der Waals surface area contributed by atoms with Gasteiger partial charge in [-0.25, -0.2) is 15.0 Å². The van der Waals surface area contributed by atoms with Crippen LogP contribution in [0.25, 0.3) is 28.1 Å². The molecule has 0 aliphatic heterocycles. The predicted molar refractivity (Wildman–Crippen MR) is 99.3 cm³/mol. The molecule has 0 aliphatic rings. The minimum Gasteiger partial charge on any atom is -0.494 e. The molecule has 0 spiro atoms. The summed E-state index contributed by atoms with van der Waals surface area (Å²) in [6.45, 7) is 4.71. The quantitative estimate of drug-likeness (QED) is 0.534. The molecule has 0 aliphatic carbocycles. The van der Waals surface area contributed by atoms with Gasteiger partial charge in [0.15, 0.2) is 5.65 Å². The Bertz CT molecular complexity index is 1070. The van der Waals surface area contributed by atoms with Crippen molar-refractivity contribution in [3.05, 3.63) is 53.4 Å². The molecular formula is C19H17ClN4O. The van der Waals surface area contributed by atoms with Crippen LogP contribution in [0.2, 0.25) is 5.02 Å². The van der Waals surface area contributed by atoms with Crippen molar-refractivity contribution < 1.29 is 4.74 Å². The van der Waals surface area contributed by atoms with Crippen LogP contribution in [-0.4, -0.2) is 26.0 Å². The third-order valence-electron chi connectivity index (χ3n) is 4.05. The van der Waals surface area contributed by atoms with Gasteiger partial charge in [-0.3, -0.25) is 4.40 Å². The number of nitrogens with zero attached hydrogens (tertiary/aromatic N) is 4. The van der Waals surface area contributed by atoms with Gasteiger partial charge < -0.3 is 4.74 Å². The molecule has 0 unspecified atom stereocenters. The van der Waals surface area contributed by atoms with E-state index in [0.717, 1.165) is 45.9 Å². The summed E-state index contributed by atoms with van der Waals surface area (Å²) in [5, 5.41) is 0.620. The van der Waals surface area contributed by atoms with E-state index in [0.29, 0.717) is 11.6 Å². The van der Waals surface area contributed by atoms with Crippen LogP contribution in [0, 0.1) is 6.92 Å². The first kappa shape index (κ1) is 15.8. The normalized spacial score (nSPS) is 11.3. The van der Waals surface area contributed by atoms with E-state index in [9.17, 15) is 0 Å². The standard InChI is InChI=1S/C19H17ClN4O/c1-3-9-25-13-6-7-15(20)14(10-13)18-22-11-17-12(2)23-16-5-4-8-21-19(16)24(17)18/h4-8,10-11H,3,9H2,1-2H3. The summed E-state index contributed by atoms with van der Waals surface area (Å²) in [4.78, 5) is 13.7. The second-order valence-electron chi connectivity index (χ2n) is 5.84. The Morgan fingerprint density at radius 2 is 2.08 bits per heavy atom. The van der Waals surface area contributed by atoms with Crippen molar-refractivity contribution in [2.75, 3.05) is 6.61 Å². The maximum Gasteiger partial charge on any atom is 0.164 e. The minimum atomic E-state index is 0.620. The third-order valence-corrected chi connectivity index (χ3v) is 4.38. The molecule has 1 aromatic carbocycles. The fourth-order valence-electron chi connectivity index (χ4n) is 2.88. The number of fused-ring (bicyclic) bond motifs is 3. The first-order chi connectivity index (χ1) is 12.2. The summed E-state index contributed by atoms with van der Waals surface area (Å²) in [5.74, 6) is 1.51. The van der Waals surface area contributed by atoms with E-state index in [1.54, 1.807) is 6.20 Å². The Morgan fingerprint density at radius 1 is 1.20 bits per heavy atom. The highest BCUT2D eigenvalue weighted by atomic mass is 35.5. The van der Waals surface area contributed by atoms with Gasteiger partial charge in [-0.2, -0.15) is 0 Å². The molecule has 25 heavy (non-hydrogen) atoms. The molecule has 0 N–H and O–H groups in total. The van der Waals surface area contributed by atoms with Gasteiger partial charge in [-0.1, -0.05) is 18.5 Å². The minimum absolute atomic E-state index is 0.620. The molecule has 4 aromatic rings. The van der Waals surface area contributed by atoms with E-state index in [4.69, 9.17) is 16.3 Å². The van der Waals surface area contributed by atoms with E-state index in [1.807, 2.05) is 47.9 Å². The smallest absolute Gasteiger partial charge is 0.164 e. The zero-order valence-corrected chi connectivity index (χ0v) is 14.8. The highest BCUT2D eigenvalue weighted by molar-refractivity contribution is 6.33. The first-order valence-corrected chi connectivity index (χ1v) is 8.58. The highest BCUT2D eigenvalue weighted by Crippen LogP contribution is 2.33. The lowest BCUT2D eigenvalue weighted by Crippen LogP contribution is -2.00. The molecule has 0 bridgehead atoms. The molecule has 0 fully saturated rings. The van der Waals surface area contributed by atoms with Gasteiger partial charge in [-0.15, -0.1) is 0 Å². The van der Waals surface area contributed by atoms with Crippen molar-refractivity contribution in [3.63, 3.8) is 0 Å². The monoisotopic (exact) mass is 352 g/mol. The summed E-state index contributed by atoms with van der Waals surface area (Å²) in [6, 6.07) is 9.47. The predicted octanol–water partition coefficient (Wildman–Crippen LogP) is 4.70. The third kappa shape index (κ3) is 2.70. The van der Waals surface area contributed by atoms with Crippen molar-refractivity contribution in [2.24, 2.45) is 0 Å². The van der Waals surface area contributed by atoms with Crippen LogP contribution in [-0.2, 0) is 0 Å². The van der Waals surface area contributed by atoms with E-state index in [-0.39, 0.29) is 0 Å². The lowest BCUT2D eigenvalue weighted by Gasteiger charge is -2.10. The molecule has 3 aromatic heterocycles. The molecule has 3 heterocycles. The number of hydrogen-bond acceptors (Lipinski definition) is 4. The Labute approximate surface area is 150 Å². The van der Waals surface area contributed by atoms with Gasteiger partial charge in [0.2, 0.25) is 0 Å². The zero-order valence-electron chi connectivity index (χ0n) is 14.0. The molecule has 6 heteroatoms. The summed E-state index contributed by atoms with van der Waals surface area (Å²) in [5.41, 5.74) is 4.20. The molecule has 0 saturated carbocycles. The Kier molecular flexibility index (Phi) is 4.01. The Hall–Kier alpha value is -2.66. The van der Waals surface area contributed by atoms with Gasteiger partial charge >= 0.3 is 0 Å². The van der Waals surface area contributed by atoms with Crippen molar-refractivity contribution in [1.82, 2.24) is 19.4 Å². The van der Waals surface area contributed by atoms with Gasteiger partial charge in [0.05, 0.1) is 29.0 Å². The SMILES string of the molecule is CCCOc1ccc(Cl)c(-c2ncc3c(C)nc4cccnc4n23)c1. The summed E-state index contributed by atoms with van der Waals surface area (Å²) in [6.07, 6.45) is 4.51. The van der Waals surface area contributed by atoms with Crippen LogP contribution < -0.4 is 4.74 Å². The van der Waals surface area contributed by atoms with Crippen LogP contribution >= 0.6 is 11.6 Å². The van der Waals surface area contributed by atoms with Crippen molar-refractivity contribution >= 4 is 28.3 Å². The fourth-order valence-corrected chi connectivity index (χ4v) is 3.08. The van der Waals surface area contributed by atoms with Crippen LogP contribution in [0.3, 0.4) is 0 Å². The first-order valence-electron chi connectivity index (χ1n) is 8.20. The number of ether oxygens (including phenoxy) is 1. The lowest BCUT2D eigenvalue weighted by molar-refractivity contribution is 0.317. The Morgan fingerprint density at radius 3 is 2.92 bits per heavy atom. The van der Waals surface area contributed by atoms with Crippen molar-refractivity contribution in [3.8, 4) is 17.1 Å². The van der Waals surface area contributed by atoms with Gasteiger partial charge in [0.25, 0.3) is 0 Å². The number of benzene rings is 1. The molecule has 0 amide bonds. The fraction of sp³-hybridized carbons (Fsp3) is 0.211. The van der Waals surface area contributed by atoms with E-state index in [2.05, 4.69) is 21.9 Å². The van der Waals surface area contributed by atoms with Crippen molar-refractivity contribution in [1.29, 1.82) is 0 Å². The molecule has 0 saturated heterocycles. The number of rotatable bonds is 4. The second-order valence-corrected chi connectivity index (χ2v) is 6.24. The topological polar surface area (TPSA) is 52.3 Å². The van der Waals surface area contributed by atoms with Crippen LogP contribution in [0.5, 0.6) is 5.75 Å². The average molecular weight is 353 g/mol. The number of pyridine rings is 1. The summed E-state index contributed by atoms with van der Waals surface area (Å²) in [7, 11) is 0. The molecule has 4 rings (SSSR count).